The van der Waals surface area contributed by atoms with Crippen LogP contribution in [0.4, 0.5) is 0 Å². The van der Waals surface area contributed by atoms with E-state index in [1.54, 1.807) is 32.4 Å². The van der Waals surface area contributed by atoms with Gasteiger partial charge in [0.05, 0.1) is 35.7 Å². The molecule has 0 unspecified atom stereocenters. The van der Waals surface area contributed by atoms with Crippen molar-refractivity contribution >= 4 is 9.84 Å². The van der Waals surface area contributed by atoms with Gasteiger partial charge in [0.15, 0.2) is 9.84 Å². The van der Waals surface area contributed by atoms with Crippen LogP contribution < -0.4 is 9.47 Å². The number of hydrogen-bond donors (Lipinski definition) is 0. The van der Waals surface area contributed by atoms with Crippen LogP contribution in [0.2, 0.25) is 0 Å². The van der Waals surface area contributed by atoms with Gasteiger partial charge in [0.25, 0.3) is 0 Å². The molecule has 0 saturated carbocycles. The van der Waals surface area contributed by atoms with E-state index >= 15 is 0 Å². The second kappa shape index (κ2) is 6.96. The number of hydrogen-bond acceptors (Lipinski definition) is 6. The zero-order valence-electron chi connectivity index (χ0n) is 15.8. The van der Waals surface area contributed by atoms with Crippen molar-refractivity contribution in [1.82, 2.24) is 9.55 Å². The van der Waals surface area contributed by atoms with Crippen molar-refractivity contribution in [1.29, 1.82) is 0 Å². The van der Waals surface area contributed by atoms with Gasteiger partial charge in [-0.3, -0.25) is 4.57 Å². The molecule has 2 heterocycles. The number of aromatic nitrogens is 2. The summed E-state index contributed by atoms with van der Waals surface area (Å²) in [4.78, 5) is 5.00. The number of imidazole rings is 1. The lowest BCUT2D eigenvalue weighted by atomic mass is 10.2. The number of methoxy groups -OCH3 is 2. The number of benzene rings is 2. The van der Waals surface area contributed by atoms with E-state index in [0.29, 0.717) is 12.4 Å². The van der Waals surface area contributed by atoms with E-state index in [1.165, 1.54) is 6.26 Å². The molecule has 1 aromatic heterocycles. The van der Waals surface area contributed by atoms with Crippen molar-refractivity contribution in [2.24, 2.45) is 0 Å². The van der Waals surface area contributed by atoms with Crippen LogP contribution in [0.1, 0.15) is 11.4 Å². The van der Waals surface area contributed by atoms with Gasteiger partial charge in [-0.2, -0.15) is 0 Å². The zero-order chi connectivity index (χ0) is 19.9. The van der Waals surface area contributed by atoms with Crippen molar-refractivity contribution in [3.05, 3.63) is 53.9 Å². The summed E-state index contributed by atoms with van der Waals surface area (Å²) in [5.41, 5.74) is 3.32. The van der Waals surface area contributed by atoms with E-state index < -0.39 is 9.84 Å². The average Bonchev–Trinajstić information content (AvgIpc) is 3.06. The lowest BCUT2D eigenvalue weighted by molar-refractivity contribution is 0.178. The van der Waals surface area contributed by atoms with Gasteiger partial charge in [-0.1, -0.05) is 0 Å². The zero-order valence-corrected chi connectivity index (χ0v) is 16.6. The van der Waals surface area contributed by atoms with Crippen LogP contribution in [0.25, 0.3) is 17.1 Å². The lowest BCUT2D eigenvalue weighted by Crippen LogP contribution is -2.15. The van der Waals surface area contributed by atoms with E-state index in [2.05, 4.69) is 0 Å². The Hall–Kier alpha value is -2.84. The van der Waals surface area contributed by atoms with Crippen molar-refractivity contribution in [2.75, 3.05) is 20.5 Å². The first-order chi connectivity index (χ1) is 13.4. The molecule has 0 radical (unpaired) electrons. The molecule has 28 heavy (non-hydrogen) atoms. The van der Waals surface area contributed by atoms with Crippen molar-refractivity contribution in [3.63, 3.8) is 0 Å². The Kier molecular flexibility index (Phi) is 4.60. The van der Waals surface area contributed by atoms with Gasteiger partial charge in [0, 0.05) is 25.0 Å². The smallest absolute Gasteiger partial charge is 0.175 e. The molecular formula is C20H20N2O5S. The first-order valence-corrected chi connectivity index (χ1v) is 10.5. The standard InChI is InChI=1S/C20H20N2O5S/c1-25-11-16-18-12-27-19-10-15(28(3,23)24)8-9-17(19)22(18)20(21-16)13-4-6-14(26-2)7-5-13/h4-10H,11-12H2,1-3H3. The summed E-state index contributed by atoms with van der Waals surface area (Å²) >= 11 is 0. The summed E-state index contributed by atoms with van der Waals surface area (Å²) < 4.78 is 42.2. The highest BCUT2D eigenvalue weighted by molar-refractivity contribution is 7.90. The summed E-state index contributed by atoms with van der Waals surface area (Å²) in [6.45, 7) is 0.633. The number of rotatable bonds is 5. The van der Waals surface area contributed by atoms with Gasteiger partial charge < -0.3 is 14.2 Å². The molecule has 8 heteroatoms. The predicted octanol–water partition coefficient (Wildman–Crippen LogP) is 2.99. The molecule has 1 aliphatic rings. The molecule has 0 fully saturated rings. The quantitative estimate of drug-likeness (QED) is 0.655. The third kappa shape index (κ3) is 3.14. The van der Waals surface area contributed by atoms with Crippen LogP contribution in [0, 0.1) is 0 Å². The Balaban J connectivity index is 1.91. The Bertz CT molecular complexity index is 1130. The molecule has 0 N–H and O–H groups in total. The van der Waals surface area contributed by atoms with E-state index in [4.69, 9.17) is 19.2 Å². The van der Waals surface area contributed by atoms with Gasteiger partial charge in [-0.05, 0) is 36.4 Å². The fourth-order valence-electron chi connectivity index (χ4n) is 3.26. The van der Waals surface area contributed by atoms with Gasteiger partial charge >= 0.3 is 0 Å². The number of ether oxygens (including phenoxy) is 3. The minimum absolute atomic E-state index is 0.220. The van der Waals surface area contributed by atoms with Gasteiger partial charge in [0.1, 0.15) is 23.9 Å². The van der Waals surface area contributed by atoms with Crippen LogP contribution in [0.3, 0.4) is 0 Å². The van der Waals surface area contributed by atoms with Crippen molar-refractivity contribution in [2.45, 2.75) is 18.1 Å². The molecule has 1 aliphatic heterocycles. The van der Waals surface area contributed by atoms with Crippen LogP contribution in [0.15, 0.2) is 47.4 Å². The molecule has 7 nitrogen and oxygen atoms in total. The number of nitrogens with zero attached hydrogens (tertiary/aromatic N) is 2. The molecule has 146 valence electrons. The van der Waals surface area contributed by atoms with Gasteiger partial charge in [-0.25, -0.2) is 13.4 Å². The molecule has 0 bridgehead atoms. The molecule has 0 spiro atoms. The van der Waals surface area contributed by atoms with E-state index in [9.17, 15) is 8.42 Å². The minimum atomic E-state index is -3.33. The van der Waals surface area contributed by atoms with E-state index in [-0.39, 0.29) is 11.5 Å². The molecular weight excluding hydrogens is 380 g/mol. The topological polar surface area (TPSA) is 79.7 Å². The summed E-state index contributed by atoms with van der Waals surface area (Å²) in [5.74, 6) is 2.00. The summed E-state index contributed by atoms with van der Waals surface area (Å²) in [6.07, 6.45) is 1.18. The monoisotopic (exact) mass is 400 g/mol. The Morgan fingerprint density at radius 1 is 1.14 bits per heavy atom. The van der Waals surface area contributed by atoms with Crippen LogP contribution >= 0.6 is 0 Å². The third-order valence-electron chi connectivity index (χ3n) is 4.65. The summed E-state index contributed by atoms with van der Waals surface area (Å²) in [5, 5.41) is 0. The van der Waals surface area contributed by atoms with Crippen molar-refractivity contribution < 1.29 is 22.6 Å². The number of sulfone groups is 1. The molecule has 4 rings (SSSR count). The third-order valence-corrected chi connectivity index (χ3v) is 5.76. The maximum Gasteiger partial charge on any atom is 0.175 e. The summed E-state index contributed by atoms with van der Waals surface area (Å²) in [6, 6.07) is 12.5. The Labute approximate surface area is 163 Å². The second-order valence-electron chi connectivity index (χ2n) is 6.52. The SMILES string of the molecule is COCc1nc(-c2ccc(OC)cc2)n2c1COc1cc(S(C)(=O)=O)ccc1-2. The Morgan fingerprint density at radius 2 is 1.89 bits per heavy atom. The van der Waals surface area contributed by atoms with Crippen molar-refractivity contribution in [3.8, 4) is 28.6 Å². The molecule has 2 aromatic carbocycles. The highest BCUT2D eigenvalue weighted by atomic mass is 32.2. The Morgan fingerprint density at radius 3 is 2.54 bits per heavy atom. The van der Waals surface area contributed by atoms with Gasteiger partial charge in [0.2, 0.25) is 0 Å². The molecule has 0 aliphatic carbocycles. The van der Waals surface area contributed by atoms with E-state index in [0.717, 1.165) is 34.2 Å². The maximum atomic E-state index is 11.9. The molecule has 3 aromatic rings. The lowest BCUT2D eigenvalue weighted by Gasteiger charge is -2.22. The van der Waals surface area contributed by atoms with Crippen LogP contribution in [-0.2, 0) is 27.8 Å². The second-order valence-corrected chi connectivity index (χ2v) is 8.53. The maximum absolute atomic E-state index is 11.9. The highest BCUT2D eigenvalue weighted by Gasteiger charge is 2.27. The fourth-order valence-corrected chi connectivity index (χ4v) is 3.90. The summed E-state index contributed by atoms with van der Waals surface area (Å²) in [7, 11) is -0.0849. The molecule has 0 atom stereocenters. The first kappa shape index (κ1) is 18.5. The van der Waals surface area contributed by atoms with E-state index in [1.807, 2.05) is 28.8 Å². The minimum Gasteiger partial charge on any atom is -0.497 e. The number of fused-ring (bicyclic) bond motifs is 3. The predicted molar refractivity (Wildman–Crippen MR) is 104 cm³/mol. The molecule has 0 amide bonds. The molecule has 0 saturated heterocycles. The van der Waals surface area contributed by atoms with Crippen LogP contribution in [0.5, 0.6) is 11.5 Å². The normalized spacial score (nSPS) is 12.8. The first-order valence-electron chi connectivity index (χ1n) is 8.63. The average molecular weight is 400 g/mol. The fraction of sp³-hybridized carbons (Fsp3) is 0.250. The van der Waals surface area contributed by atoms with Crippen LogP contribution in [-0.4, -0.2) is 38.4 Å². The highest BCUT2D eigenvalue weighted by Crippen LogP contribution is 2.37. The largest absolute Gasteiger partial charge is 0.497 e. The van der Waals surface area contributed by atoms with Gasteiger partial charge in [-0.15, -0.1) is 0 Å².